The van der Waals surface area contributed by atoms with E-state index in [1.807, 2.05) is 0 Å². The molecule has 1 unspecified atom stereocenters. The first-order valence-corrected chi connectivity index (χ1v) is 11.2. The second-order valence-corrected chi connectivity index (χ2v) is 8.93. The van der Waals surface area contributed by atoms with Gasteiger partial charge in [-0.25, -0.2) is 13.2 Å². The van der Waals surface area contributed by atoms with Gasteiger partial charge in [-0.1, -0.05) is 11.6 Å². The fourth-order valence-electron chi connectivity index (χ4n) is 3.08. The summed E-state index contributed by atoms with van der Waals surface area (Å²) in [4.78, 5) is 36.9. The van der Waals surface area contributed by atoms with Crippen LogP contribution in [0.5, 0.6) is 0 Å². The number of carbonyl (C=O) groups excluding carboxylic acids is 2. The normalized spacial score (nSPS) is 16.6. The molecule has 1 amide bonds. The zero-order valence-electron chi connectivity index (χ0n) is 16.2. The lowest BCUT2D eigenvalue weighted by Crippen LogP contribution is -2.41. The Kier molecular flexibility index (Phi) is 6.42. The van der Waals surface area contributed by atoms with E-state index in [0.29, 0.717) is 5.69 Å². The summed E-state index contributed by atoms with van der Waals surface area (Å²) in [5.41, 5.74) is 0.0834. The van der Waals surface area contributed by atoms with Crippen molar-refractivity contribution in [1.29, 1.82) is 0 Å². The molecule has 1 heterocycles. The molecule has 0 saturated carbocycles. The minimum absolute atomic E-state index is 0.0386. The summed E-state index contributed by atoms with van der Waals surface area (Å²) in [7, 11) is -3.50. The van der Waals surface area contributed by atoms with Gasteiger partial charge in [0.05, 0.1) is 28.9 Å². The topological polar surface area (TPSA) is 124 Å². The molecule has 0 bridgehead atoms. The van der Waals surface area contributed by atoms with E-state index >= 15 is 0 Å². The molecule has 11 heteroatoms. The number of benzene rings is 2. The summed E-state index contributed by atoms with van der Waals surface area (Å²) in [5, 5.41) is 12.1. The average Bonchev–Trinajstić information content (AvgIpc) is 3.08. The van der Waals surface area contributed by atoms with E-state index in [2.05, 4.69) is 0 Å². The Hall–Kier alpha value is -3.24. The molecule has 9 nitrogen and oxygen atoms in total. The Morgan fingerprint density at radius 2 is 1.84 bits per heavy atom. The standard InChI is InChI=1S/C20H17ClN2O7S/c1-2-30-20(25)13-3-6-15(7-4-13)22(16-9-10-31(28,29)12-16)19(24)14-5-8-17(21)18(11-14)23(26)27/h3-11,16H,2,12H2,1H3. The Bertz CT molecular complexity index is 1180. The molecule has 0 fully saturated rings. The van der Waals surface area contributed by atoms with Crippen molar-refractivity contribution in [1.82, 2.24) is 0 Å². The fourth-order valence-corrected chi connectivity index (χ4v) is 4.53. The van der Waals surface area contributed by atoms with E-state index in [9.17, 15) is 28.1 Å². The van der Waals surface area contributed by atoms with Gasteiger partial charge < -0.3 is 9.64 Å². The van der Waals surface area contributed by atoms with Crippen molar-refractivity contribution in [3.63, 3.8) is 0 Å². The van der Waals surface area contributed by atoms with Crippen LogP contribution in [-0.4, -0.2) is 43.6 Å². The second kappa shape index (κ2) is 8.86. The summed E-state index contributed by atoms with van der Waals surface area (Å²) >= 11 is 5.83. The minimum Gasteiger partial charge on any atom is -0.462 e. The third-order valence-electron chi connectivity index (χ3n) is 4.51. The van der Waals surface area contributed by atoms with Gasteiger partial charge in [0.1, 0.15) is 5.02 Å². The summed E-state index contributed by atoms with van der Waals surface area (Å²) in [6.45, 7) is 1.87. The van der Waals surface area contributed by atoms with Crippen LogP contribution >= 0.6 is 11.6 Å². The number of halogens is 1. The molecule has 2 aromatic carbocycles. The van der Waals surface area contributed by atoms with E-state index in [1.165, 1.54) is 47.4 Å². The van der Waals surface area contributed by atoms with E-state index in [-0.39, 0.29) is 28.5 Å². The van der Waals surface area contributed by atoms with Crippen molar-refractivity contribution in [3.05, 3.63) is 80.2 Å². The van der Waals surface area contributed by atoms with Gasteiger partial charge in [0, 0.05) is 22.7 Å². The Labute approximate surface area is 182 Å². The molecular weight excluding hydrogens is 448 g/mol. The van der Waals surface area contributed by atoms with E-state index in [1.54, 1.807) is 6.92 Å². The van der Waals surface area contributed by atoms with Gasteiger partial charge >= 0.3 is 5.97 Å². The fraction of sp³-hybridized carbons (Fsp3) is 0.200. The predicted molar refractivity (Wildman–Crippen MR) is 114 cm³/mol. The number of hydrogen-bond acceptors (Lipinski definition) is 7. The van der Waals surface area contributed by atoms with Crippen molar-refractivity contribution in [2.45, 2.75) is 13.0 Å². The predicted octanol–water partition coefficient (Wildman–Crippen LogP) is 3.38. The highest BCUT2D eigenvalue weighted by molar-refractivity contribution is 7.94. The SMILES string of the molecule is CCOC(=O)c1ccc(N(C(=O)c2ccc(Cl)c([N+](=O)[O-])c2)C2C=CS(=O)(=O)C2)cc1. The van der Waals surface area contributed by atoms with Crippen LogP contribution in [0.15, 0.2) is 53.9 Å². The number of ether oxygens (including phenoxy) is 1. The molecule has 1 aliphatic heterocycles. The largest absolute Gasteiger partial charge is 0.462 e. The number of nitro benzene ring substituents is 1. The lowest BCUT2D eigenvalue weighted by molar-refractivity contribution is -0.384. The number of sulfone groups is 1. The van der Waals surface area contributed by atoms with Gasteiger partial charge in [-0.3, -0.25) is 14.9 Å². The van der Waals surface area contributed by atoms with Crippen LogP contribution in [0.25, 0.3) is 0 Å². The maximum absolute atomic E-state index is 13.3. The summed E-state index contributed by atoms with van der Waals surface area (Å²) in [6, 6.07) is 8.62. The second-order valence-electron chi connectivity index (χ2n) is 6.59. The zero-order valence-corrected chi connectivity index (χ0v) is 17.8. The van der Waals surface area contributed by atoms with Crippen LogP contribution in [-0.2, 0) is 14.6 Å². The minimum atomic E-state index is -3.50. The quantitative estimate of drug-likeness (QED) is 0.364. The van der Waals surface area contributed by atoms with Gasteiger partial charge in [0.15, 0.2) is 9.84 Å². The number of nitrogens with zero attached hydrogens (tertiary/aromatic N) is 2. The average molecular weight is 465 g/mol. The Morgan fingerprint density at radius 3 is 2.39 bits per heavy atom. The zero-order chi connectivity index (χ0) is 22.8. The van der Waals surface area contributed by atoms with Gasteiger partial charge in [0.2, 0.25) is 0 Å². The first-order chi connectivity index (χ1) is 14.6. The molecule has 3 rings (SSSR count). The summed E-state index contributed by atoms with van der Waals surface area (Å²) < 4.78 is 28.8. The maximum atomic E-state index is 13.3. The van der Waals surface area contributed by atoms with E-state index in [0.717, 1.165) is 11.5 Å². The first kappa shape index (κ1) is 22.4. The van der Waals surface area contributed by atoms with E-state index < -0.39 is 38.4 Å². The van der Waals surface area contributed by atoms with Crippen molar-refractivity contribution in [3.8, 4) is 0 Å². The molecule has 31 heavy (non-hydrogen) atoms. The molecule has 0 radical (unpaired) electrons. The number of carbonyl (C=O) groups is 2. The Balaban J connectivity index is 2.03. The van der Waals surface area contributed by atoms with Crippen molar-refractivity contribution < 1.29 is 27.7 Å². The molecule has 162 valence electrons. The first-order valence-electron chi connectivity index (χ1n) is 9.08. The number of nitro groups is 1. The number of amides is 1. The smallest absolute Gasteiger partial charge is 0.338 e. The summed E-state index contributed by atoms with van der Waals surface area (Å²) in [5.74, 6) is -1.53. The van der Waals surface area contributed by atoms with Gasteiger partial charge in [-0.15, -0.1) is 0 Å². The van der Waals surface area contributed by atoms with Gasteiger partial charge in [-0.05, 0) is 49.4 Å². The highest BCUT2D eigenvalue weighted by atomic mass is 35.5. The molecular formula is C20H17ClN2O7S. The molecule has 1 atom stereocenters. The van der Waals surface area contributed by atoms with Crippen LogP contribution in [0.4, 0.5) is 11.4 Å². The molecule has 1 aliphatic rings. The monoisotopic (exact) mass is 464 g/mol. The third-order valence-corrected chi connectivity index (χ3v) is 6.21. The van der Waals surface area contributed by atoms with Gasteiger partial charge in [-0.2, -0.15) is 0 Å². The van der Waals surface area contributed by atoms with Crippen LogP contribution in [0.1, 0.15) is 27.6 Å². The Morgan fingerprint density at radius 1 is 1.19 bits per heavy atom. The molecule has 0 aromatic heterocycles. The van der Waals surface area contributed by atoms with Crippen molar-refractivity contribution in [2.24, 2.45) is 0 Å². The lowest BCUT2D eigenvalue weighted by atomic mass is 10.1. The summed E-state index contributed by atoms with van der Waals surface area (Å²) in [6.07, 6.45) is 1.37. The van der Waals surface area contributed by atoms with Crippen LogP contribution in [0, 0.1) is 10.1 Å². The van der Waals surface area contributed by atoms with Crippen molar-refractivity contribution in [2.75, 3.05) is 17.3 Å². The van der Waals surface area contributed by atoms with E-state index in [4.69, 9.17) is 16.3 Å². The van der Waals surface area contributed by atoms with Crippen molar-refractivity contribution >= 4 is 44.7 Å². The maximum Gasteiger partial charge on any atom is 0.338 e. The number of hydrogen-bond donors (Lipinski definition) is 0. The van der Waals surface area contributed by atoms with Crippen LogP contribution < -0.4 is 4.90 Å². The third kappa shape index (κ3) is 4.92. The number of rotatable bonds is 6. The molecule has 0 N–H and O–H groups in total. The molecule has 2 aromatic rings. The molecule has 0 saturated heterocycles. The molecule has 0 aliphatic carbocycles. The van der Waals surface area contributed by atoms with Crippen LogP contribution in [0.3, 0.4) is 0 Å². The number of esters is 1. The molecule has 0 spiro atoms. The number of anilines is 1. The lowest BCUT2D eigenvalue weighted by Gasteiger charge is -2.28. The highest BCUT2D eigenvalue weighted by Crippen LogP contribution is 2.29. The van der Waals surface area contributed by atoms with Crippen LogP contribution in [0.2, 0.25) is 5.02 Å². The highest BCUT2D eigenvalue weighted by Gasteiger charge is 2.33. The van der Waals surface area contributed by atoms with Gasteiger partial charge in [0.25, 0.3) is 11.6 Å².